The van der Waals surface area contributed by atoms with Gasteiger partial charge in [0.25, 0.3) is 0 Å². The number of hydrogen-bond donors (Lipinski definition) is 1. The van der Waals surface area contributed by atoms with E-state index in [0.717, 1.165) is 6.20 Å². The summed E-state index contributed by atoms with van der Waals surface area (Å²) in [5.41, 5.74) is 0.542. The lowest BCUT2D eigenvalue weighted by molar-refractivity contribution is -0.400. The van der Waals surface area contributed by atoms with Crippen molar-refractivity contribution in [2.24, 2.45) is 0 Å². The summed E-state index contributed by atoms with van der Waals surface area (Å²) in [5, 5.41) is 19.3. The van der Waals surface area contributed by atoms with E-state index in [4.69, 9.17) is 4.74 Å². The Labute approximate surface area is 80.4 Å². The normalized spacial score (nSPS) is 10.4. The minimum Gasteiger partial charge on any atom is -0.504 e. The molecule has 74 valence electrons. The highest BCUT2D eigenvalue weighted by molar-refractivity contribution is 5.54. The largest absolute Gasteiger partial charge is 0.504 e. The van der Waals surface area contributed by atoms with Crippen LogP contribution in [0.15, 0.2) is 24.4 Å². The predicted octanol–water partition coefficient (Wildman–Crippen LogP) is 1.65. The molecule has 0 bridgehead atoms. The molecule has 0 aliphatic heterocycles. The van der Waals surface area contributed by atoms with Crippen LogP contribution in [-0.2, 0) is 0 Å². The van der Waals surface area contributed by atoms with Crippen molar-refractivity contribution < 1.29 is 14.8 Å². The lowest BCUT2D eigenvalue weighted by Crippen LogP contribution is -1.85. The summed E-state index contributed by atoms with van der Waals surface area (Å²) in [6, 6.07) is 4.53. The number of aromatic hydroxyl groups is 1. The van der Waals surface area contributed by atoms with Gasteiger partial charge in [0.2, 0.25) is 6.20 Å². The summed E-state index contributed by atoms with van der Waals surface area (Å²) < 4.78 is 4.82. The molecule has 0 radical (unpaired) electrons. The monoisotopic (exact) mass is 195 g/mol. The Kier molecular flexibility index (Phi) is 3.06. The number of phenolic OH excluding ortho intramolecular Hbond substituents is 1. The van der Waals surface area contributed by atoms with E-state index < -0.39 is 4.92 Å². The molecule has 0 heterocycles. The van der Waals surface area contributed by atoms with Crippen LogP contribution in [0.3, 0.4) is 0 Å². The first-order valence-corrected chi connectivity index (χ1v) is 3.82. The van der Waals surface area contributed by atoms with Crippen LogP contribution in [0.1, 0.15) is 5.56 Å². The van der Waals surface area contributed by atoms with Gasteiger partial charge in [-0.25, -0.2) is 0 Å². The maximum atomic E-state index is 10.0. The molecule has 0 unspecified atom stereocenters. The van der Waals surface area contributed by atoms with Gasteiger partial charge >= 0.3 is 0 Å². The van der Waals surface area contributed by atoms with Gasteiger partial charge < -0.3 is 9.84 Å². The van der Waals surface area contributed by atoms with Gasteiger partial charge in [-0.05, 0) is 17.7 Å². The van der Waals surface area contributed by atoms with Crippen molar-refractivity contribution in [3.05, 3.63) is 40.1 Å². The lowest BCUT2D eigenvalue weighted by Gasteiger charge is -2.02. The highest BCUT2D eigenvalue weighted by atomic mass is 16.6. The molecule has 0 amide bonds. The smallest absolute Gasteiger partial charge is 0.235 e. The summed E-state index contributed by atoms with van der Waals surface area (Å²) in [6.45, 7) is 0. The van der Waals surface area contributed by atoms with Gasteiger partial charge in [-0.15, -0.1) is 0 Å². The van der Waals surface area contributed by atoms with Crippen molar-refractivity contribution >= 4 is 6.08 Å². The van der Waals surface area contributed by atoms with Crippen LogP contribution in [0, 0.1) is 10.1 Å². The van der Waals surface area contributed by atoms with Gasteiger partial charge in [0.15, 0.2) is 11.5 Å². The third-order valence-electron chi connectivity index (χ3n) is 1.59. The molecule has 0 spiro atoms. The summed E-state index contributed by atoms with van der Waals surface area (Å²) in [4.78, 5) is 9.44. The van der Waals surface area contributed by atoms with E-state index in [0.29, 0.717) is 11.3 Å². The van der Waals surface area contributed by atoms with Crippen molar-refractivity contribution in [3.63, 3.8) is 0 Å². The van der Waals surface area contributed by atoms with Gasteiger partial charge in [-0.3, -0.25) is 10.1 Å². The van der Waals surface area contributed by atoms with E-state index in [1.54, 1.807) is 6.07 Å². The number of rotatable bonds is 3. The lowest BCUT2D eigenvalue weighted by atomic mass is 10.2. The number of hydrogen-bond acceptors (Lipinski definition) is 4. The van der Waals surface area contributed by atoms with Gasteiger partial charge in [0, 0.05) is 6.08 Å². The molecular weight excluding hydrogens is 186 g/mol. The van der Waals surface area contributed by atoms with E-state index in [9.17, 15) is 15.2 Å². The molecule has 0 atom stereocenters. The highest BCUT2D eigenvalue weighted by Crippen LogP contribution is 2.26. The van der Waals surface area contributed by atoms with Gasteiger partial charge in [-0.2, -0.15) is 0 Å². The van der Waals surface area contributed by atoms with Crippen molar-refractivity contribution in [2.45, 2.75) is 0 Å². The SMILES string of the molecule is COc1ccc(/C=C\[N+](=O)[O-])cc1O. The molecule has 0 aliphatic rings. The van der Waals surface area contributed by atoms with Gasteiger partial charge in [0.1, 0.15) is 0 Å². The standard InChI is InChI=1S/C9H9NO4/c1-14-9-3-2-7(6-8(9)11)4-5-10(12)13/h2-6,11H,1H3/b5-4-. The third kappa shape index (κ3) is 2.48. The molecule has 0 saturated heterocycles. The molecule has 0 aromatic heterocycles. The summed E-state index contributed by atoms with van der Waals surface area (Å²) in [6.07, 6.45) is 2.10. The fourth-order valence-corrected chi connectivity index (χ4v) is 0.958. The average molecular weight is 195 g/mol. The summed E-state index contributed by atoms with van der Waals surface area (Å²) in [7, 11) is 1.43. The van der Waals surface area contributed by atoms with Crippen LogP contribution in [0.5, 0.6) is 11.5 Å². The molecule has 1 aromatic carbocycles. The third-order valence-corrected chi connectivity index (χ3v) is 1.59. The topological polar surface area (TPSA) is 72.6 Å². The molecule has 1 N–H and O–H groups in total. The molecule has 0 aliphatic carbocycles. The maximum Gasteiger partial charge on any atom is 0.235 e. The zero-order chi connectivity index (χ0) is 10.6. The highest BCUT2D eigenvalue weighted by Gasteiger charge is 2.00. The molecule has 1 rings (SSSR count). The first-order valence-electron chi connectivity index (χ1n) is 3.82. The van der Waals surface area contributed by atoms with Crippen LogP contribution in [0.4, 0.5) is 0 Å². The summed E-state index contributed by atoms with van der Waals surface area (Å²) in [5.74, 6) is 0.293. The number of methoxy groups -OCH3 is 1. The van der Waals surface area contributed by atoms with Crippen molar-refractivity contribution in [3.8, 4) is 11.5 Å². The predicted molar refractivity (Wildman–Crippen MR) is 50.7 cm³/mol. The second kappa shape index (κ2) is 4.27. The van der Waals surface area contributed by atoms with E-state index >= 15 is 0 Å². The fourth-order valence-electron chi connectivity index (χ4n) is 0.958. The van der Waals surface area contributed by atoms with E-state index in [1.807, 2.05) is 0 Å². The Morgan fingerprint density at radius 2 is 2.29 bits per heavy atom. The number of benzene rings is 1. The Bertz CT molecular complexity index is 373. The Hall–Kier alpha value is -2.04. The molecule has 0 fully saturated rings. The van der Waals surface area contributed by atoms with E-state index in [2.05, 4.69) is 0 Å². The Morgan fingerprint density at radius 1 is 1.57 bits per heavy atom. The van der Waals surface area contributed by atoms with Crippen LogP contribution >= 0.6 is 0 Å². The molecule has 5 heteroatoms. The van der Waals surface area contributed by atoms with E-state index in [1.165, 1.54) is 25.3 Å². The fraction of sp³-hybridized carbons (Fsp3) is 0.111. The van der Waals surface area contributed by atoms with Crippen molar-refractivity contribution in [2.75, 3.05) is 7.11 Å². The molecule has 0 saturated carbocycles. The minimum atomic E-state index is -0.568. The van der Waals surface area contributed by atoms with Crippen molar-refractivity contribution in [1.82, 2.24) is 0 Å². The van der Waals surface area contributed by atoms with Crippen LogP contribution in [0.2, 0.25) is 0 Å². The Balaban J connectivity index is 2.91. The van der Waals surface area contributed by atoms with Crippen LogP contribution < -0.4 is 4.74 Å². The van der Waals surface area contributed by atoms with Crippen molar-refractivity contribution in [1.29, 1.82) is 0 Å². The first-order chi connectivity index (χ1) is 6.63. The zero-order valence-electron chi connectivity index (χ0n) is 7.51. The van der Waals surface area contributed by atoms with E-state index in [-0.39, 0.29) is 5.75 Å². The number of nitro groups is 1. The molecule has 1 aromatic rings. The van der Waals surface area contributed by atoms with Crippen LogP contribution in [-0.4, -0.2) is 17.1 Å². The number of phenols is 1. The first kappa shape index (κ1) is 10.0. The molecular formula is C9H9NO4. The maximum absolute atomic E-state index is 10.0. The molecule has 14 heavy (non-hydrogen) atoms. The minimum absolute atomic E-state index is 0.0435. The van der Waals surface area contributed by atoms with Crippen LogP contribution in [0.25, 0.3) is 6.08 Å². The second-order valence-corrected chi connectivity index (χ2v) is 2.53. The van der Waals surface area contributed by atoms with Gasteiger partial charge in [0.05, 0.1) is 12.0 Å². The summed E-state index contributed by atoms with van der Waals surface area (Å²) >= 11 is 0. The molecule has 5 nitrogen and oxygen atoms in total. The van der Waals surface area contributed by atoms with Gasteiger partial charge in [-0.1, -0.05) is 6.07 Å². The Morgan fingerprint density at radius 3 is 2.79 bits per heavy atom. The average Bonchev–Trinajstić information content (AvgIpc) is 2.15. The zero-order valence-corrected chi connectivity index (χ0v) is 7.51. The number of ether oxygens (including phenoxy) is 1. The quantitative estimate of drug-likeness (QED) is 0.587. The number of nitrogens with zero attached hydrogens (tertiary/aromatic N) is 1. The second-order valence-electron chi connectivity index (χ2n) is 2.53.